The molecule has 0 aliphatic carbocycles. The van der Waals surface area contributed by atoms with Crippen molar-refractivity contribution in [1.82, 2.24) is 0 Å². The molecule has 0 bridgehead atoms. The number of carboxylic acid groups (broad SMARTS) is 1. The maximum Gasteiger partial charge on any atom is 0.307 e. The smallest absolute Gasteiger partial charge is 0.307 e. The molecule has 0 aromatic rings. The van der Waals surface area contributed by atoms with Crippen LogP contribution in [0.25, 0.3) is 0 Å². The van der Waals surface area contributed by atoms with Gasteiger partial charge in [0.05, 0.1) is 12.2 Å². The van der Waals surface area contributed by atoms with E-state index in [0.717, 1.165) is 19.1 Å². The molecular formula is C10H18O4. The van der Waals surface area contributed by atoms with E-state index in [2.05, 4.69) is 11.3 Å². The number of esters is 1. The van der Waals surface area contributed by atoms with E-state index in [1.165, 1.54) is 6.92 Å². The van der Waals surface area contributed by atoms with E-state index in [9.17, 15) is 9.59 Å². The highest BCUT2D eigenvalue weighted by Crippen LogP contribution is 2.05. The van der Waals surface area contributed by atoms with Crippen molar-refractivity contribution in [3.8, 4) is 0 Å². The third-order valence-corrected chi connectivity index (χ3v) is 1.58. The fourth-order valence-corrected chi connectivity index (χ4v) is 0.755. The number of carboxylic acids is 1. The zero-order valence-electron chi connectivity index (χ0n) is 8.95. The number of aliphatic carboxylic acids is 1. The van der Waals surface area contributed by atoms with Crippen LogP contribution in [0.4, 0.5) is 0 Å². The summed E-state index contributed by atoms with van der Waals surface area (Å²) in [5.41, 5.74) is 0. The van der Waals surface area contributed by atoms with Crippen LogP contribution in [-0.2, 0) is 14.3 Å². The number of hydrogen-bond donors (Lipinski definition) is 1. The Morgan fingerprint density at radius 3 is 1.86 bits per heavy atom. The molecule has 14 heavy (non-hydrogen) atoms. The Balaban J connectivity index is 0. The molecule has 0 aromatic heterocycles. The van der Waals surface area contributed by atoms with Crippen LogP contribution in [0.1, 0.15) is 33.6 Å². The van der Waals surface area contributed by atoms with Gasteiger partial charge in [-0.3, -0.25) is 9.59 Å². The largest absolute Gasteiger partial charge is 0.481 e. The van der Waals surface area contributed by atoms with E-state index < -0.39 is 5.97 Å². The first-order chi connectivity index (χ1) is 6.49. The summed E-state index contributed by atoms with van der Waals surface area (Å²) in [7, 11) is 0. The molecule has 0 fully saturated rings. The Morgan fingerprint density at radius 1 is 1.43 bits per heavy atom. The summed E-state index contributed by atoms with van der Waals surface area (Å²) in [5.74, 6) is -1.13. The Hall–Kier alpha value is -1.32. The van der Waals surface area contributed by atoms with E-state index in [-0.39, 0.29) is 11.9 Å². The molecule has 0 spiro atoms. The molecule has 0 amide bonds. The maximum absolute atomic E-state index is 10.2. The second kappa shape index (κ2) is 9.77. The molecule has 0 atom stereocenters. The summed E-state index contributed by atoms with van der Waals surface area (Å²) in [6.45, 7) is 8.26. The number of ether oxygens (including phenoxy) is 1. The standard InChI is InChI=1S/C6H12O2.C4H6O2/c1-3-5(4-2)6(7)8;1-3-6-4(2)5/h5H,3-4H2,1-2H3,(H,7,8);3H,1H2,2H3. The molecule has 0 unspecified atom stereocenters. The second-order valence-electron chi connectivity index (χ2n) is 2.63. The molecule has 4 heteroatoms. The number of hydrogen-bond acceptors (Lipinski definition) is 3. The molecule has 0 radical (unpaired) electrons. The highest BCUT2D eigenvalue weighted by Gasteiger charge is 2.10. The number of rotatable bonds is 4. The SMILES string of the molecule is C=COC(C)=O.CCC(CC)C(=O)O. The lowest BCUT2D eigenvalue weighted by Gasteiger charge is -2.02. The number of carbonyl (C=O) groups excluding carboxylic acids is 1. The molecule has 0 saturated heterocycles. The summed E-state index contributed by atoms with van der Waals surface area (Å²) in [6, 6.07) is 0. The monoisotopic (exact) mass is 202 g/mol. The van der Waals surface area contributed by atoms with Crippen LogP contribution in [0.15, 0.2) is 12.8 Å². The Kier molecular flexibility index (Phi) is 10.6. The Bertz CT molecular complexity index is 183. The van der Waals surface area contributed by atoms with Gasteiger partial charge in [-0.1, -0.05) is 20.4 Å². The zero-order chi connectivity index (χ0) is 11.6. The van der Waals surface area contributed by atoms with Crippen molar-refractivity contribution in [2.24, 2.45) is 5.92 Å². The third kappa shape index (κ3) is 10.7. The molecule has 0 rings (SSSR count). The lowest BCUT2D eigenvalue weighted by atomic mass is 10.1. The van der Waals surface area contributed by atoms with Crippen LogP contribution >= 0.6 is 0 Å². The Labute approximate surface area is 84.6 Å². The molecule has 0 aromatic carbocycles. The van der Waals surface area contributed by atoms with E-state index in [4.69, 9.17) is 5.11 Å². The third-order valence-electron chi connectivity index (χ3n) is 1.58. The van der Waals surface area contributed by atoms with Crippen molar-refractivity contribution < 1.29 is 19.4 Å². The van der Waals surface area contributed by atoms with Crippen molar-refractivity contribution in [3.05, 3.63) is 12.8 Å². The van der Waals surface area contributed by atoms with E-state index in [0.29, 0.717) is 0 Å². The minimum absolute atomic E-state index is 0.130. The minimum atomic E-state index is -0.671. The van der Waals surface area contributed by atoms with E-state index in [1.54, 1.807) is 0 Å². The molecule has 82 valence electrons. The summed E-state index contributed by atoms with van der Waals surface area (Å²) >= 11 is 0. The summed E-state index contributed by atoms with van der Waals surface area (Å²) in [4.78, 5) is 19.9. The maximum atomic E-state index is 10.2. The summed E-state index contributed by atoms with van der Waals surface area (Å²) in [5, 5.41) is 8.37. The molecule has 4 nitrogen and oxygen atoms in total. The fourth-order valence-electron chi connectivity index (χ4n) is 0.755. The average Bonchev–Trinajstić information content (AvgIpc) is 2.06. The normalized spacial score (nSPS) is 8.57. The topological polar surface area (TPSA) is 63.6 Å². The van der Waals surface area contributed by atoms with Gasteiger partial charge in [0.1, 0.15) is 0 Å². The molecule has 0 aliphatic heterocycles. The zero-order valence-corrected chi connectivity index (χ0v) is 8.95. The van der Waals surface area contributed by atoms with Gasteiger partial charge in [0.2, 0.25) is 0 Å². The number of carbonyl (C=O) groups is 2. The lowest BCUT2D eigenvalue weighted by Crippen LogP contribution is -2.10. The van der Waals surface area contributed by atoms with Gasteiger partial charge in [-0.15, -0.1) is 0 Å². The van der Waals surface area contributed by atoms with Crippen molar-refractivity contribution in [2.75, 3.05) is 0 Å². The minimum Gasteiger partial charge on any atom is -0.481 e. The predicted molar refractivity (Wildman–Crippen MR) is 53.7 cm³/mol. The van der Waals surface area contributed by atoms with Crippen LogP contribution in [0, 0.1) is 5.92 Å². The average molecular weight is 202 g/mol. The van der Waals surface area contributed by atoms with Gasteiger partial charge in [0.25, 0.3) is 0 Å². The first-order valence-corrected chi connectivity index (χ1v) is 4.50. The first-order valence-electron chi connectivity index (χ1n) is 4.50. The van der Waals surface area contributed by atoms with Crippen molar-refractivity contribution in [1.29, 1.82) is 0 Å². The van der Waals surface area contributed by atoms with Crippen LogP contribution in [-0.4, -0.2) is 17.0 Å². The van der Waals surface area contributed by atoms with Gasteiger partial charge >= 0.3 is 11.9 Å². The van der Waals surface area contributed by atoms with Gasteiger partial charge in [0.15, 0.2) is 0 Å². The van der Waals surface area contributed by atoms with E-state index in [1.807, 2.05) is 13.8 Å². The van der Waals surface area contributed by atoms with E-state index >= 15 is 0 Å². The molecular weight excluding hydrogens is 184 g/mol. The molecule has 0 heterocycles. The van der Waals surface area contributed by atoms with Gasteiger partial charge in [-0.2, -0.15) is 0 Å². The van der Waals surface area contributed by atoms with Crippen molar-refractivity contribution in [3.63, 3.8) is 0 Å². The second-order valence-corrected chi connectivity index (χ2v) is 2.63. The molecule has 0 saturated carbocycles. The van der Waals surface area contributed by atoms with Gasteiger partial charge < -0.3 is 9.84 Å². The summed E-state index contributed by atoms with van der Waals surface area (Å²) in [6.07, 6.45) is 2.58. The van der Waals surface area contributed by atoms with Crippen LogP contribution in [0.3, 0.4) is 0 Å². The highest BCUT2D eigenvalue weighted by molar-refractivity contribution is 5.69. The van der Waals surface area contributed by atoms with Crippen LogP contribution < -0.4 is 0 Å². The summed E-state index contributed by atoms with van der Waals surface area (Å²) < 4.78 is 4.17. The predicted octanol–water partition coefficient (Wildman–Crippen LogP) is 2.20. The molecule has 1 N–H and O–H groups in total. The molecule has 0 aliphatic rings. The van der Waals surface area contributed by atoms with Crippen LogP contribution in [0.5, 0.6) is 0 Å². The Morgan fingerprint density at radius 2 is 1.86 bits per heavy atom. The lowest BCUT2D eigenvalue weighted by molar-refractivity contribution is -0.142. The quantitative estimate of drug-likeness (QED) is 0.560. The van der Waals surface area contributed by atoms with Crippen molar-refractivity contribution >= 4 is 11.9 Å². The first kappa shape index (κ1) is 15.2. The fraction of sp³-hybridized carbons (Fsp3) is 0.600. The van der Waals surface area contributed by atoms with Gasteiger partial charge in [-0.25, -0.2) is 0 Å². The van der Waals surface area contributed by atoms with Crippen molar-refractivity contribution in [2.45, 2.75) is 33.6 Å². The van der Waals surface area contributed by atoms with Gasteiger partial charge in [-0.05, 0) is 12.8 Å². The highest BCUT2D eigenvalue weighted by atomic mass is 16.5. The van der Waals surface area contributed by atoms with Gasteiger partial charge in [0, 0.05) is 6.92 Å². The van der Waals surface area contributed by atoms with Crippen LogP contribution in [0.2, 0.25) is 0 Å².